The van der Waals surface area contributed by atoms with E-state index in [9.17, 15) is 8.42 Å². The van der Waals surface area contributed by atoms with E-state index in [0.717, 1.165) is 5.56 Å². The minimum absolute atomic E-state index is 0.124. The van der Waals surface area contributed by atoms with Crippen LogP contribution >= 0.6 is 11.6 Å². The van der Waals surface area contributed by atoms with Crippen molar-refractivity contribution in [1.29, 1.82) is 0 Å². The molecule has 0 aliphatic carbocycles. The molecule has 0 heterocycles. The fourth-order valence-corrected chi connectivity index (χ4v) is 2.28. The van der Waals surface area contributed by atoms with Gasteiger partial charge in [0.2, 0.25) is 0 Å². The second kappa shape index (κ2) is 6.85. The first-order valence-electron chi connectivity index (χ1n) is 5.49. The molecule has 1 aromatic rings. The zero-order valence-electron chi connectivity index (χ0n) is 10.5. The van der Waals surface area contributed by atoms with Gasteiger partial charge in [0.1, 0.15) is 21.3 Å². The summed E-state index contributed by atoms with van der Waals surface area (Å²) in [5.74, 6) is 1.83. The average Bonchev–Trinajstić information content (AvgIpc) is 2.33. The summed E-state index contributed by atoms with van der Waals surface area (Å²) >= 11 is 5.81. The maximum Gasteiger partial charge on any atom is 0.147 e. The van der Waals surface area contributed by atoms with E-state index in [1.807, 2.05) is 0 Å². The van der Waals surface area contributed by atoms with Crippen molar-refractivity contribution < 1.29 is 17.9 Å². The SMILES string of the molecule is COc1ccc(OCCCS(C)(=O)=O)c(CCl)c1. The van der Waals surface area contributed by atoms with Gasteiger partial charge in [-0.3, -0.25) is 0 Å². The van der Waals surface area contributed by atoms with Crippen LogP contribution in [0.2, 0.25) is 0 Å². The molecule has 0 bridgehead atoms. The molecule has 6 heteroatoms. The molecule has 0 spiro atoms. The van der Waals surface area contributed by atoms with E-state index in [1.165, 1.54) is 6.26 Å². The summed E-state index contributed by atoms with van der Waals surface area (Å²) in [6.07, 6.45) is 1.68. The summed E-state index contributed by atoms with van der Waals surface area (Å²) < 4.78 is 32.5. The van der Waals surface area contributed by atoms with E-state index in [1.54, 1.807) is 25.3 Å². The molecule has 0 aliphatic rings. The zero-order valence-corrected chi connectivity index (χ0v) is 12.1. The molecule has 0 aliphatic heterocycles. The molecule has 0 aromatic heterocycles. The van der Waals surface area contributed by atoms with Gasteiger partial charge in [0.05, 0.1) is 25.3 Å². The molecule has 0 atom stereocenters. The normalized spacial score (nSPS) is 11.3. The molecule has 0 unspecified atom stereocenters. The predicted molar refractivity (Wildman–Crippen MR) is 72.4 cm³/mol. The van der Waals surface area contributed by atoms with E-state index in [-0.39, 0.29) is 5.75 Å². The summed E-state index contributed by atoms with van der Waals surface area (Å²) in [7, 11) is -1.35. The minimum Gasteiger partial charge on any atom is -0.497 e. The highest BCUT2D eigenvalue weighted by atomic mass is 35.5. The topological polar surface area (TPSA) is 52.6 Å². The molecule has 1 rings (SSSR count). The number of methoxy groups -OCH3 is 1. The van der Waals surface area contributed by atoms with Crippen molar-refractivity contribution in [3.63, 3.8) is 0 Å². The number of alkyl halides is 1. The van der Waals surface area contributed by atoms with Crippen LogP contribution in [0.4, 0.5) is 0 Å². The van der Waals surface area contributed by atoms with Crippen LogP contribution in [0.3, 0.4) is 0 Å². The number of hydrogen-bond acceptors (Lipinski definition) is 4. The fourth-order valence-electron chi connectivity index (χ4n) is 1.43. The van der Waals surface area contributed by atoms with Gasteiger partial charge in [-0.15, -0.1) is 11.6 Å². The molecule has 0 N–H and O–H groups in total. The second-order valence-electron chi connectivity index (χ2n) is 3.94. The quantitative estimate of drug-likeness (QED) is 0.571. The van der Waals surface area contributed by atoms with E-state index >= 15 is 0 Å². The molecule has 102 valence electrons. The molecular formula is C12H17ClO4S. The molecule has 4 nitrogen and oxygen atoms in total. The highest BCUT2D eigenvalue weighted by molar-refractivity contribution is 7.90. The predicted octanol–water partition coefficient (Wildman–Crippen LogP) is 2.25. The molecule has 0 fully saturated rings. The molecule has 0 amide bonds. The maximum atomic E-state index is 11.0. The maximum absolute atomic E-state index is 11.0. The van der Waals surface area contributed by atoms with Crippen LogP contribution in [0.25, 0.3) is 0 Å². The molecule has 18 heavy (non-hydrogen) atoms. The van der Waals surface area contributed by atoms with Crippen LogP contribution in [0.5, 0.6) is 11.5 Å². The van der Waals surface area contributed by atoms with Crippen LogP contribution in [-0.2, 0) is 15.7 Å². The average molecular weight is 293 g/mol. The highest BCUT2D eigenvalue weighted by Crippen LogP contribution is 2.25. The van der Waals surface area contributed by atoms with E-state index in [2.05, 4.69) is 0 Å². The third-order valence-electron chi connectivity index (χ3n) is 2.33. The lowest BCUT2D eigenvalue weighted by Crippen LogP contribution is -2.08. The highest BCUT2D eigenvalue weighted by Gasteiger charge is 2.06. The number of rotatable bonds is 7. The van der Waals surface area contributed by atoms with Gasteiger partial charge in [0, 0.05) is 11.8 Å². The summed E-state index contributed by atoms with van der Waals surface area (Å²) in [6.45, 7) is 0.350. The summed E-state index contributed by atoms with van der Waals surface area (Å²) in [6, 6.07) is 5.36. The van der Waals surface area contributed by atoms with Crippen molar-refractivity contribution in [2.45, 2.75) is 12.3 Å². The van der Waals surface area contributed by atoms with Crippen LogP contribution < -0.4 is 9.47 Å². The van der Waals surface area contributed by atoms with Crippen LogP contribution in [0.15, 0.2) is 18.2 Å². The van der Waals surface area contributed by atoms with Gasteiger partial charge in [-0.2, -0.15) is 0 Å². The monoisotopic (exact) mass is 292 g/mol. The van der Waals surface area contributed by atoms with Crippen LogP contribution in [0.1, 0.15) is 12.0 Å². The van der Waals surface area contributed by atoms with Crippen LogP contribution in [0, 0.1) is 0 Å². The molecule has 0 saturated heterocycles. The van der Waals surface area contributed by atoms with Crippen LogP contribution in [-0.4, -0.2) is 34.1 Å². The van der Waals surface area contributed by atoms with Crippen molar-refractivity contribution >= 4 is 21.4 Å². The zero-order chi connectivity index (χ0) is 13.6. The van der Waals surface area contributed by atoms with Gasteiger partial charge in [0.25, 0.3) is 0 Å². The Morgan fingerprint density at radius 2 is 2.06 bits per heavy atom. The van der Waals surface area contributed by atoms with E-state index in [0.29, 0.717) is 30.4 Å². The second-order valence-corrected chi connectivity index (χ2v) is 6.47. The van der Waals surface area contributed by atoms with Crippen molar-refractivity contribution in [3.05, 3.63) is 23.8 Å². The van der Waals surface area contributed by atoms with Gasteiger partial charge in [-0.25, -0.2) is 8.42 Å². The molecule has 0 radical (unpaired) electrons. The number of halogens is 1. The summed E-state index contributed by atoms with van der Waals surface area (Å²) in [4.78, 5) is 0. The third kappa shape index (κ3) is 5.14. The lowest BCUT2D eigenvalue weighted by molar-refractivity contribution is 0.314. The first-order chi connectivity index (χ1) is 8.46. The Labute approximate surface area is 113 Å². The lowest BCUT2D eigenvalue weighted by Gasteiger charge is -2.11. The van der Waals surface area contributed by atoms with E-state index < -0.39 is 9.84 Å². The lowest BCUT2D eigenvalue weighted by atomic mass is 10.2. The summed E-state index contributed by atoms with van der Waals surface area (Å²) in [5.41, 5.74) is 0.829. The third-order valence-corrected chi connectivity index (χ3v) is 3.65. The molecular weight excluding hydrogens is 276 g/mol. The number of benzene rings is 1. The minimum atomic E-state index is -2.93. The van der Waals surface area contributed by atoms with Gasteiger partial charge in [0.15, 0.2) is 0 Å². The van der Waals surface area contributed by atoms with Gasteiger partial charge < -0.3 is 9.47 Å². The largest absolute Gasteiger partial charge is 0.497 e. The standard InChI is InChI=1S/C12H17ClO4S/c1-16-11-4-5-12(10(8-11)9-13)17-6-3-7-18(2,14)15/h4-5,8H,3,6-7,9H2,1-2H3. The molecule has 0 saturated carbocycles. The van der Waals surface area contributed by atoms with Gasteiger partial charge in [-0.05, 0) is 24.6 Å². The molecule has 1 aromatic carbocycles. The first-order valence-corrected chi connectivity index (χ1v) is 8.09. The Bertz CT molecular complexity index is 485. The Morgan fingerprint density at radius 1 is 1.33 bits per heavy atom. The Morgan fingerprint density at radius 3 is 2.61 bits per heavy atom. The smallest absolute Gasteiger partial charge is 0.147 e. The fraction of sp³-hybridized carbons (Fsp3) is 0.500. The van der Waals surface area contributed by atoms with Gasteiger partial charge >= 0.3 is 0 Å². The van der Waals surface area contributed by atoms with Crippen molar-refractivity contribution in [2.75, 3.05) is 25.7 Å². The Hall–Kier alpha value is -0.940. The number of ether oxygens (including phenoxy) is 2. The van der Waals surface area contributed by atoms with E-state index in [4.69, 9.17) is 21.1 Å². The Balaban J connectivity index is 2.56. The first kappa shape index (κ1) is 15.1. The number of hydrogen-bond donors (Lipinski definition) is 0. The van der Waals surface area contributed by atoms with Crippen molar-refractivity contribution in [1.82, 2.24) is 0 Å². The van der Waals surface area contributed by atoms with Crippen molar-refractivity contribution in [3.8, 4) is 11.5 Å². The van der Waals surface area contributed by atoms with Gasteiger partial charge in [-0.1, -0.05) is 0 Å². The Kier molecular flexibility index (Phi) is 5.75. The summed E-state index contributed by atoms with van der Waals surface area (Å²) in [5, 5.41) is 0. The number of sulfone groups is 1. The van der Waals surface area contributed by atoms with Crippen molar-refractivity contribution in [2.24, 2.45) is 0 Å².